The van der Waals surface area contributed by atoms with Crippen molar-refractivity contribution in [3.8, 4) is 17.3 Å². The molecule has 3 aromatic rings. The van der Waals surface area contributed by atoms with Crippen LogP contribution >= 0.6 is 0 Å². The van der Waals surface area contributed by atoms with Crippen LogP contribution in [-0.2, 0) is 6.42 Å². The highest BCUT2D eigenvalue weighted by molar-refractivity contribution is 6.06. The van der Waals surface area contributed by atoms with E-state index in [-0.39, 0.29) is 5.56 Å². The quantitative estimate of drug-likeness (QED) is 0.756. The smallest absolute Gasteiger partial charge is 0.268 e. The average Bonchev–Trinajstić information content (AvgIpc) is 3.18. The molecule has 1 aliphatic rings. The van der Waals surface area contributed by atoms with E-state index in [1.807, 2.05) is 12.1 Å². The Balaban J connectivity index is 1.70. The first-order valence-corrected chi connectivity index (χ1v) is 8.87. The Morgan fingerprint density at radius 1 is 1.25 bits per heavy atom. The summed E-state index contributed by atoms with van der Waals surface area (Å²) in [6.45, 7) is 2.32. The van der Waals surface area contributed by atoms with Gasteiger partial charge in [-0.2, -0.15) is 0 Å². The molecule has 7 heteroatoms. The normalized spacial score (nSPS) is 12.2. The van der Waals surface area contributed by atoms with Crippen molar-refractivity contribution in [2.75, 3.05) is 19.0 Å². The highest BCUT2D eigenvalue weighted by Gasteiger charge is 2.21. The zero-order valence-corrected chi connectivity index (χ0v) is 15.6. The number of hydrogen-bond acceptors (Lipinski definition) is 5. The Morgan fingerprint density at radius 2 is 2.11 bits per heavy atom. The number of rotatable bonds is 4. The second kappa shape index (κ2) is 7.19. The van der Waals surface area contributed by atoms with E-state index in [0.717, 1.165) is 12.0 Å². The molecule has 0 saturated heterocycles. The van der Waals surface area contributed by atoms with E-state index in [4.69, 9.17) is 9.47 Å². The molecule has 0 spiro atoms. The number of nitrogens with zero attached hydrogens (tertiary/aromatic N) is 2. The lowest BCUT2D eigenvalue weighted by Crippen LogP contribution is -2.29. The van der Waals surface area contributed by atoms with E-state index in [0.29, 0.717) is 35.2 Å². The minimum absolute atomic E-state index is 0.0777. The molecule has 1 amide bonds. The Labute approximate surface area is 161 Å². The number of nitrogens with one attached hydrogen (secondary N) is 1. The zero-order chi connectivity index (χ0) is 19.7. The summed E-state index contributed by atoms with van der Waals surface area (Å²) in [4.78, 5) is 30.1. The number of aromatic nitrogens is 2. The van der Waals surface area contributed by atoms with Crippen LogP contribution in [-0.4, -0.2) is 29.2 Å². The minimum atomic E-state index is -0.470. The number of carbonyl (C=O) groups excluding carboxylic acids is 1. The first-order valence-electron chi connectivity index (χ1n) is 8.87. The average molecular weight is 377 g/mol. The van der Waals surface area contributed by atoms with E-state index in [1.54, 1.807) is 37.4 Å². The summed E-state index contributed by atoms with van der Waals surface area (Å²) in [5.74, 6) is 0.645. The number of methoxy groups -OCH3 is 1. The topological polar surface area (TPSA) is 82.5 Å². The number of amides is 1. The van der Waals surface area contributed by atoms with Gasteiger partial charge >= 0.3 is 0 Å². The summed E-state index contributed by atoms with van der Waals surface area (Å²) in [6.07, 6.45) is 3.96. The Bertz CT molecular complexity index is 1100. The third-order valence-corrected chi connectivity index (χ3v) is 4.70. The van der Waals surface area contributed by atoms with Gasteiger partial charge in [0.2, 0.25) is 5.88 Å². The molecular weight excluding hydrogens is 358 g/mol. The summed E-state index contributed by atoms with van der Waals surface area (Å²) >= 11 is 0. The van der Waals surface area contributed by atoms with Crippen molar-refractivity contribution < 1.29 is 14.3 Å². The number of pyridine rings is 2. The van der Waals surface area contributed by atoms with E-state index in [1.165, 1.54) is 17.9 Å². The van der Waals surface area contributed by atoms with Crippen molar-refractivity contribution in [1.82, 2.24) is 9.55 Å². The van der Waals surface area contributed by atoms with Gasteiger partial charge in [0.1, 0.15) is 11.3 Å². The zero-order valence-electron chi connectivity index (χ0n) is 15.6. The number of hydrogen-bond donors (Lipinski definition) is 1. The molecule has 7 nitrogen and oxygen atoms in total. The molecule has 0 atom stereocenters. The molecule has 0 unspecified atom stereocenters. The van der Waals surface area contributed by atoms with E-state index in [9.17, 15) is 9.59 Å². The number of benzene rings is 1. The molecule has 3 heterocycles. The molecule has 1 aliphatic heterocycles. The standard InChI is InChI=1S/C21H19N3O4/c1-13-8-10-24(15-6-7-17(27-2)22-12-15)21(26)18(13)20(25)23-16-5-3-4-14-9-11-28-19(14)16/h3-8,10,12H,9,11H2,1-2H3,(H,23,25). The lowest BCUT2D eigenvalue weighted by atomic mass is 10.1. The van der Waals surface area contributed by atoms with Gasteiger partial charge in [0, 0.05) is 18.7 Å². The van der Waals surface area contributed by atoms with Crippen molar-refractivity contribution >= 4 is 11.6 Å². The molecule has 0 bridgehead atoms. The van der Waals surface area contributed by atoms with Crippen LogP contribution in [0, 0.1) is 6.92 Å². The van der Waals surface area contributed by atoms with E-state index < -0.39 is 11.5 Å². The van der Waals surface area contributed by atoms with Crippen molar-refractivity contribution in [2.24, 2.45) is 0 Å². The lowest BCUT2D eigenvalue weighted by molar-refractivity contribution is 0.102. The number of carbonyl (C=O) groups is 1. The van der Waals surface area contributed by atoms with Crippen LogP contribution in [0.5, 0.6) is 11.6 Å². The molecule has 0 fully saturated rings. The third-order valence-electron chi connectivity index (χ3n) is 4.70. The molecule has 2 aromatic heterocycles. The Kier molecular flexibility index (Phi) is 4.57. The largest absolute Gasteiger partial charge is 0.491 e. The summed E-state index contributed by atoms with van der Waals surface area (Å²) in [6, 6.07) is 10.7. The van der Waals surface area contributed by atoms with Crippen LogP contribution < -0.4 is 20.3 Å². The highest BCUT2D eigenvalue weighted by atomic mass is 16.5. The van der Waals surface area contributed by atoms with Crippen LogP contribution in [0.2, 0.25) is 0 Å². The van der Waals surface area contributed by atoms with Crippen molar-refractivity contribution in [3.63, 3.8) is 0 Å². The maximum Gasteiger partial charge on any atom is 0.268 e. The van der Waals surface area contributed by atoms with Gasteiger partial charge in [0.15, 0.2) is 0 Å². The van der Waals surface area contributed by atoms with Crippen LogP contribution in [0.15, 0.2) is 53.6 Å². The molecular formula is C21H19N3O4. The molecule has 1 aromatic carbocycles. The number of aryl methyl sites for hydroxylation is 1. The first kappa shape index (κ1) is 17.8. The molecule has 0 saturated carbocycles. The molecule has 28 heavy (non-hydrogen) atoms. The Morgan fingerprint density at radius 3 is 2.86 bits per heavy atom. The monoisotopic (exact) mass is 377 g/mol. The van der Waals surface area contributed by atoms with Gasteiger partial charge in [-0.1, -0.05) is 12.1 Å². The summed E-state index contributed by atoms with van der Waals surface area (Å²) < 4.78 is 12.1. The van der Waals surface area contributed by atoms with E-state index >= 15 is 0 Å². The molecule has 0 radical (unpaired) electrons. The first-order chi connectivity index (χ1) is 13.6. The molecule has 0 aliphatic carbocycles. The number of ether oxygens (including phenoxy) is 2. The number of para-hydroxylation sites is 1. The van der Waals surface area contributed by atoms with Gasteiger partial charge in [-0.15, -0.1) is 0 Å². The van der Waals surface area contributed by atoms with Gasteiger partial charge in [-0.25, -0.2) is 4.98 Å². The predicted molar refractivity (Wildman–Crippen MR) is 105 cm³/mol. The number of anilines is 1. The summed E-state index contributed by atoms with van der Waals surface area (Å²) in [7, 11) is 1.52. The van der Waals surface area contributed by atoms with Crippen LogP contribution in [0.25, 0.3) is 5.69 Å². The predicted octanol–water partition coefficient (Wildman–Crippen LogP) is 2.74. The SMILES string of the molecule is COc1ccc(-n2ccc(C)c(C(=O)Nc3cccc4c3OCC4)c2=O)cn1. The van der Waals surface area contributed by atoms with Gasteiger partial charge in [0.25, 0.3) is 11.5 Å². The van der Waals surface area contributed by atoms with Gasteiger partial charge < -0.3 is 14.8 Å². The Hall–Kier alpha value is -3.61. The summed E-state index contributed by atoms with van der Waals surface area (Å²) in [5.41, 5.74) is 2.41. The fraction of sp³-hybridized carbons (Fsp3) is 0.190. The van der Waals surface area contributed by atoms with Crippen molar-refractivity contribution in [3.05, 3.63) is 75.8 Å². The fourth-order valence-electron chi connectivity index (χ4n) is 3.24. The third kappa shape index (κ3) is 3.11. The van der Waals surface area contributed by atoms with Gasteiger partial charge in [0.05, 0.1) is 31.3 Å². The molecule has 142 valence electrons. The maximum atomic E-state index is 13.0. The van der Waals surface area contributed by atoms with Crippen molar-refractivity contribution in [1.29, 1.82) is 0 Å². The van der Waals surface area contributed by atoms with Crippen LogP contribution in [0.4, 0.5) is 5.69 Å². The van der Waals surface area contributed by atoms with Crippen molar-refractivity contribution in [2.45, 2.75) is 13.3 Å². The van der Waals surface area contributed by atoms with Gasteiger partial charge in [-0.05, 0) is 36.2 Å². The maximum absolute atomic E-state index is 13.0. The van der Waals surface area contributed by atoms with Gasteiger partial charge in [-0.3, -0.25) is 14.2 Å². The second-order valence-corrected chi connectivity index (χ2v) is 6.45. The molecule has 1 N–H and O–H groups in total. The van der Waals surface area contributed by atoms with Crippen LogP contribution in [0.3, 0.4) is 0 Å². The lowest BCUT2D eigenvalue weighted by Gasteiger charge is -2.13. The molecule has 4 rings (SSSR count). The second-order valence-electron chi connectivity index (χ2n) is 6.45. The number of fused-ring (bicyclic) bond motifs is 1. The van der Waals surface area contributed by atoms with E-state index in [2.05, 4.69) is 10.3 Å². The summed E-state index contributed by atoms with van der Waals surface area (Å²) in [5, 5.41) is 2.82. The fourth-order valence-corrected chi connectivity index (χ4v) is 3.24. The van der Waals surface area contributed by atoms with Crippen LogP contribution in [0.1, 0.15) is 21.5 Å². The highest BCUT2D eigenvalue weighted by Crippen LogP contribution is 2.33. The minimum Gasteiger partial charge on any atom is -0.491 e.